The van der Waals surface area contributed by atoms with Crippen molar-refractivity contribution < 1.29 is 9.53 Å². The fraction of sp³-hybridized carbons (Fsp3) is 0.533. The number of rotatable bonds is 5. The minimum absolute atomic E-state index is 0. The summed E-state index contributed by atoms with van der Waals surface area (Å²) in [6.45, 7) is 2.36. The average Bonchev–Trinajstić information content (AvgIpc) is 2.47. The first-order valence-electron chi connectivity index (χ1n) is 7.05. The second-order valence-corrected chi connectivity index (χ2v) is 5.14. The number of benzene rings is 1. The molecule has 1 aromatic rings. The van der Waals surface area contributed by atoms with Gasteiger partial charge in [0.15, 0.2) is 0 Å². The summed E-state index contributed by atoms with van der Waals surface area (Å²) >= 11 is 0. The number of anilines is 1. The molecular weight excluding hydrogens is 290 g/mol. The topological polar surface area (TPSA) is 53.6 Å². The molecule has 2 N–H and O–H groups in total. The molecule has 6 heteroatoms. The Morgan fingerprint density at radius 2 is 2.29 bits per heavy atom. The molecule has 1 fully saturated rings. The number of methoxy groups -OCH3 is 1. The summed E-state index contributed by atoms with van der Waals surface area (Å²) in [5, 5.41) is 6.20. The van der Waals surface area contributed by atoms with Crippen molar-refractivity contribution in [1.29, 1.82) is 0 Å². The van der Waals surface area contributed by atoms with Crippen molar-refractivity contribution in [2.24, 2.45) is 0 Å². The molecule has 5 nitrogen and oxygen atoms in total. The summed E-state index contributed by atoms with van der Waals surface area (Å²) < 4.78 is 5.15. The fourth-order valence-corrected chi connectivity index (χ4v) is 2.54. The van der Waals surface area contributed by atoms with Crippen LogP contribution in [-0.4, -0.2) is 50.6 Å². The predicted octanol–water partition coefficient (Wildman–Crippen LogP) is 1.74. The number of nitrogens with zero attached hydrogens (tertiary/aromatic N) is 1. The van der Waals surface area contributed by atoms with Gasteiger partial charge in [0.05, 0.1) is 13.7 Å². The molecule has 1 aliphatic rings. The van der Waals surface area contributed by atoms with Crippen LogP contribution in [0.25, 0.3) is 0 Å². The van der Waals surface area contributed by atoms with Gasteiger partial charge >= 0.3 is 0 Å². The summed E-state index contributed by atoms with van der Waals surface area (Å²) in [7, 11) is 3.59. The van der Waals surface area contributed by atoms with E-state index in [1.807, 2.05) is 31.3 Å². The smallest absolute Gasteiger partial charge is 0.238 e. The number of hydrogen-bond donors (Lipinski definition) is 2. The molecular formula is C15H24ClN3O2. The number of likely N-dealkylation sites (tertiary alicyclic amines) is 1. The Labute approximate surface area is 132 Å². The molecule has 0 saturated carbocycles. The molecule has 0 spiro atoms. The van der Waals surface area contributed by atoms with Crippen molar-refractivity contribution in [1.82, 2.24) is 10.2 Å². The summed E-state index contributed by atoms with van der Waals surface area (Å²) in [6.07, 6.45) is 2.32. The number of piperidine rings is 1. The van der Waals surface area contributed by atoms with Crippen molar-refractivity contribution >= 4 is 24.0 Å². The van der Waals surface area contributed by atoms with E-state index >= 15 is 0 Å². The number of nitrogens with one attached hydrogen (secondary N) is 2. The first kappa shape index (κ1) is 17.8. The molecule has 1 aliphatic heterocycles. The zero-order valence-electron chi connectivity index (χ0n) is 12.6. The summed E-state index contributed by atoms with van der Waals surface area (Å²) in [6, 6.07) is 7.91. The average molecular weight is 314 g/mol. The van der Waals surface area contributed by atoms with Gasteiger partial charge in [0.2, 0.25) is 5.91 Å². The number of ether oxygens (including phenoxy) is 1. The van der Waals surface area contributed by atoms with E-state index in [1.165, 1.54) is 6.42 Å². The first-order chi connectivity index (χ1) is 9.71. The third-order valence-electron chi connectivity index (χ3n) is 3.63. The van der Waals surface area contributed by atoms with Crippen molar-refractivity contribution in [3.63, 3.8) is 0 Å². The molecule has 118 valence electrons. The second-order valence-electron chi connectivity index (χ2n) is 5.14. The van der Waals surface area contributed by atoms with Crippen LogP contribution in [0.5, 0.6) is 5.75 Å². The van der Waals surface area contributed by atoms with Gasteiger partial charge in [0, 0.05) is 24.3 Å². The highest BCUT2D eigenvalue weighted by molar-refractivity contribution is 5.92. The number of carbonyl (C=O) groups excluding carboxylic acids is 1. The summed E-state index contributed by atoms with van der Waals surface area (Å²) in [5.41, 5.74) is 0.775. The third kappa shape index (κ3) is 5.53. The summed E-state index contributed by atoms with van der Waals surface area (Å²) in [5.74, 6) is 0.769. The Morgan fingerprint density at radius 1 is 1.48 bits per heavy atom. The van der Waals surface area contributed by atoms with E-state index in [0.29, 0.717) is 12.6 Å². The molecule has 1 amide bonds. The van der Waals surface area contributed by atoms with Crippen molar-refractivity contribution in [3.05, 3.63) is 24.3 Å². The summed E-state index contributed by atoms with van der Waals surface area (Å²) in [4.78, 5) is 14.3. The molecule has 1 unspecified atom stereocenters. The van der Waals surface area contributed by atoms with E-state index < -0.39 is 0 Å². The lowest BCUT2D eigenvalue weighted by molar-refractivity contribution is -0.117. The fourth-order valence-electron chi connectivity index (χ4n) is 2.54. The van der Waals surface area contributed by atoms with Gasteiger partial charge < -0.3 is 15.4 Å². The second kappa shape index (κ2) is 8.87. The van der Waals surface area contributed by atoms with Crippen LogP contribution in [0.15, 0.2) is 24.3 Å². The predicted molar refractivity (Wildman–Crippen MR) is 87.4 cm³/mol. The Balaban J connectivity index is 0.00000220. The quantitative estimate of drug-likeness (QED) is 0.869. The number of hydrogen-bond acceptors (Lipinski definition) is 4. The zero-order valence-corrected chi connectivity index (χ0v) is 13.4. The largest absolute Gasteiger partial charge is 0.497 e. The van der Waals surface area contributed by atoms with Gasteiger partial charge in [0.1, 0.15) is 5.75 Å². The molecule has 0 radical (unpaired) electrons. The Bertz CT molecular complexity index is 456. The standard InChI is InChI=1S/C15H23N3O2.ClH/c1-16-13-6-4-8-18(10-13)11-15(19)17-12-5-3-7-14(9-12)20-2;/h3,5,7,9,13,16H,4,6,8,10-11H2,1-2H3,(H,17,19);1H. The van der Waals surface area contributed by atoms with Crippen molar-refractivity contribution in [3.8, 4) is 5.75 Å². The van der Waals surface area contributed by atoms with E-state index in [0.717, 1.165) is 30.9 Å². The maximum absolute atomic E-state index is 12.1. The Morgan fingerprint density at radius 3 is 3.00 bits per heavy atom. The highest BCUT2D eigenvalue weighted by Gasteiger charge is 2.20. The highest BCUT2D eigenvalue weighted by Crippen LogP contribution is 2.17. The zero-order chi connectivity index (χ0) is 14.4. The van der Waals surface area contributed by atoms with E-state index in [2.05, 4.69) is 15.5 Å². The molecule has 1 atom stereocenters. The number of carbonyl (C=O) groups is 1. The lowest BCUT2D eigenvalue weighted by Gasteiger charge is -2.31. The van der Waals surface area contributed by atoms with Gasteiger partial charge in [-0.2, -0.15) is 0 Å². The normalized spacial score (nSPS) is 18.7. The lowest BCUT2D eigenvalue weighted by Crippen LogP contribution is -2.46. The van der Waals surface area contributed by atoms with E-state index in [1.54, 1.807) is 7.11 Å². The van der Waals surface area contributed by atoms with Crippen LogP contribution in [0, 0.1) is 0 Å². The molecule has 0 aromatic heterocycles. The molecule has 1 heterocycles. The van der Waals surface area contributed by atoms with Crippen LogP contribution in [0.2, 0.25) is 0 Å². The van der Waals surface area contributed by atoms with Gasteiger partial charge in [-0.3, -0.25) is 9.69 Å². The molecule has 2 rings (SSSR count). The van der Waals surface area contributed by atoms with E-state index in [9.17, 15) is 4.79 Å². The van der Waals surface area contributed by atoms with Crippen LogP contribution in [-0.2, 0) is 4.79 Å². The maximum atomic E-state index is 12.1. The Kier molecular flexibility index (Phi) is 7.50. The third-order valence-corrected chi connectivity index (χ3v) is 3.63. The molecule has 21 heavy (non-hydrogen) atoms. The van der Waals surface area contributed by atoms with Crippen LogP contribution in [0.1, 0.15) is 12.8 Å². The molecule has 1 aromatic carbocycles. The van der Waals surface area contributed by atoms with Gasteiger partial charge in [0.25, 0.3) is 0 Å². The molecule has 0 aliphatic carbocycles. The lowest BCUT2D eigenvalue weighted by atomic mass is 10.1. The first-order valence-corrected chi connectivity index (χ1v) is 7.05. The number of likely N-dealkylation sites (N-methyl/N-ethyl adjacent to an activating group) is 1. The molecule has 1 saturated heterocycles. The van der Waals surface area contributed by atoms with Crippen LogP contribution in [0.3, 0.4) is 0 Å². The number of halogens is 1. The van der Waals surface area contributed by atoms with Gasteiger partial charge in [-0.1, -0.05) is 6.07 Å². The van der Waals surface area contributed by atoms with Crippen molar-refractivity contribution in [2.75, 3.05) is 39.1 Å². The van der Waals surface area contributed by atoms with E-state index in [4.69, 9.17) is 4.74 Å². The van der Waals surface area contributed by atoms with E-state index in [-0.39, 0.29) is 18.3 Å². The molecule has 0 bridgehead atoms. The monoisotopic (exact) mass is 313 g/mol. The maximum Gasteiger partial charge on any atom is 0.238 e. The van der Waals surface area contributed by atoms with Crippen LogP contribution in [0.4, 0.5) is 5.69 Å². The SMILES string of the molecule is CNC1CCCN(CC(=O)Nc2cccc(OC)c2)C1.Cl. The minimum Gasteiger partial charge on any atom is -0.497 e. The van der Waals surface area contributed by atoms with Crippen molar-refractivity contribution in [2.45, 2.75) is 18.9 Å². The van der Waals surface area contributed by atoms with Crippen LogP contribution < -0.4 is 15.4 Å². The Hall–Kier alpha value is -1.30. The minimum atomic E-state index is 0. The van der Waals surface area contributed by atoms with Gasteiger partial charge in [-0.05, 0) is 38.6 Å². The van der Waals surface area contributed by atoms with Gasteiger partial charge in [-0.25, -0.2) is 0 Å². The highest BCUT2D eigenvalue weighted by atomic mass is 35.5. The van der Waals surface area contributed by atoms with Crippen LogP contribution >= 0.6 is 12.4 Å². The van der Waals surface area contributed by atoms with Gasteiger partial charge in [-0.15, -0.1) is 12.4 Å². The number of amides is 1.